The first-order valence-corrected chi connectivity index (χ1v) is 11.5. The number of carbonyl (C=O) groups is 1. The molecule has 1 aliphatic rings. The molecule has 1 aliphatic carbocycles. The highest BCUT2D eigenvalue weighted by Crippen LogP contribution is 2.41. The second kappa shape index (κ2) is 8.30. The monoisotopic (exact) mass is 326 g/mol. The van der Waals surface area contributed by atoms with Gasteiger partial charge in [0.15, 0.2) is 8.32 Å². The van der Waals surface area contributed by atoms with Crippen LogP contribution in [0.1, 0.15) is 59.3 Å². The number of hydrogen-bond donors (Lipinski definition) is 0. The van der Waals surface area contributed by atoms with E-state index in [0.29, 0.717) is 12.0 Å². The molecular weight excluding hydrogens is 292 g/mol. The summed E-state index contributed by atoms with van der Waals surface area (Å²) in [6.45, 7) is 11.6. The van der Waals surface area contributed by atoms with Gasteiger partial charge in [0.1, 0.15) is 0 Å². The molecule has 0 bridgehead atoms. The Morgan fingerprint density at radius 2 is 1.86 bits per heavy atom. The highest BCUT2D eigenvalue weighted by atomic mass is 28.4. The second-order valence-electron chi connectivity index (χ2n) is 7.96. The maximum Gasteiger partial charge on any atom is 0.330 e. The number of methoxy groups -OCH3 is 1. The van der Waals surface area contributed by atoms with Crippen molar-refractivity contribution in [2.45, 2.75) is 83.5 Å². The molecule has 0 aromatic carbocycles. The molecule has 1 saturated carbocycles. The number of allylic oxidation sites excluding steroid dienone is 1. The lowest BCUT2D eigenvalue weighted by molar-refractivity contribution is -0.134. The van der Waals surface area contributed by atoms with Crippen molar-refractivity contribution in [3.05, 3.63) is 12.2 Å². The molecule has 0 saturated heterocycles. The van der Waals surface area contributed by atoms with Gasteiger partial charge in [-0.25, -0.2) is 4.79 Å². The predicted molar refractivity (Wildman–Crippen MR) is 94.4 cm³/mol. The molecule has 128 valence electrons. The van der Waals surface area contributed by atoms with E-state index in [1.807, 2.05) is 6.08 Å². The van der Waals surface area contributed by atoms with Crippen LogP contribution in [-0.2, 0) is 14.0 Å². The van der Waals surface area contributed by atoms with Crippen LogP contribution in [0.4, 0.5) is 0 Å². The van der Waals surface area contributed by atoms with Crippen LogP contribution in [0.2, 0.25) is 18.1 Å². The van der Waals surface area contributed by atoms with E-state index in [4.69, 9.17) is 4.43 Å². The van der Waals surface area contributed by atoms with E-state index in [1.54, 1.807) is 0 Å². The Morgan fingerprint density at radius 3 is 2.45 bits per heavy atom. The standard InChI is InChI=1S/C18H34O3Si/c1-18(2,3)22(5,6)21-16-13-9-7-11-15(16)12-8-10-14-17(19)20-4/h10,14-16H,7-9,11-13H2,1-6H3/t15-,16+/m1/s1. The molecule has 1 fully saturated rings. The van der Waals surface area contributed by atoms with Gasteiger partial charge in [0.2, 0.25) is 0 Å². The Labute approximate surface area is 137 Å². The Morgan fingerprint density at radius 1 is 1.23 bits per heavy atom. The number of carbonyl (C=O) groups excluding carboxylic acids is 1. The summed E-state index contributed by atoms with van der Waals surface area (Å²) < 4.78 is 11.3. The molecule has 0 unspecified atom stereocenters. The van der Waals surface area contributed by atoms with Crippen molar-refractivity contribution in [3.63, 3.8) is 0 Å². The number of rotatable bonds is 6. The summed E-state index contributed by atoms with van der Waals surface area (Å²) in [6, 6.07) is 0. The van der Waals surface area contributed by atoms with Crippen LogP contribution >= 0.6 is 0 Å². The Bertz CT molecular complexity index is 382. The van der Waals surface area contributed by atoms with E-state index in [-0.39, 0.29) is 11.0 Å². The van der Waals surface area contributed by atoms with Crippen LogP contribution in [0.15, 0.2) is 12.2 Å². The molecule has 0 spiro atoms. The van der Waals surface area contributed by atoms with Crippen molar-refractivity contribution in [2.75, 3.05) is 7.11 Å². The smallest absolute Gasteiger partial charge is 0.330 e. The molecule has 0 heterocycles. The van der Waals surface area contributed by atoms with E-state index in [1.165, 1.54) is 38.9 Å². The van der Waals surface area contributed by atoms with Crippen molar-refractivity contribution >= 4 is 14.3 Å². The fourth-order valence-corrected chi connectivity index (χ4v) is 4.19. The molecule has 0 amide bonds. The minimum absolute atomic E-state index is 0.264. The molecule has 0 N–H and O–H groups in total. The van der Waals surface area contributed by atoms with Crippen molar-refractivity contribution in [1.82, 2.24) is 0 Å². The van der Waals surface area contributed by atoms with Gasteiger partial charge in [0, 0.05) is 12.2 Å². The maximum absolute atomic E-state index is 11.1. The SMILES string of the molecule is COC(=O)C=CCC[C@H]1CCCC[C@@H]1O[Si](C)(C)C(C)(C)C. The summed E-state index contributed by atoms with van der Waals surface area (Å²) in [5.41, 5.74) is 0. The van der Waals surface area contributed by atoms with E-state index < -0.39 is 8.32 Å². The van der Waals surface area contributed by atoms with Crippen molar-refractivity contribution in [3.8, 4) is 0 Å². The first-order chi connectivity index (χ1) is 10.2. The summed E-state index contributed by atoms with van der Waals surface area (Å²) in [5, 5.41) is 0.264. The largest absolute Gasteiger partial charge is 0.466 e. The molecule has 0 aromatic rings. The highest BCUT2D eigenvalue weighted by Gasteiger charge is 2.41. The van der Waals surface area contributed by atoms with Crippen LogP contribution in [-0.4, -0.2) is 27.5 Å². The normalized spacial score (nSPS) is 23.7. The van der Waals surface area contributed by atoms with E-state index in [2.05, 4.69) is 38.6 Å². The summed E-state index contributed by atoms with van der Waals surface area (Å²) in [6.07, 6.45) is 10.9. The van der Waals surface area contributed by atoms with Crippen LogP contribution < -0.4 is 0 Å². The zero-order valence-electron chi connectivity index (χ0n) is 15.3. The van der Waals surface area contributed by atoms with Gasteiger partial charge >= 0.3 is 5.97 Å². The van der Waals surface area contributed by atoms with Gasteiger partial charge in [-0.05, 0) is 49.7 Å². The Kier molecular flexibility index (Phi) is 7.33. The van der Waals surface area contributed by atoms with E-state index in [0.717, 1.165) is 12.8 Å². The molecule has 0 aromatic heterocycles. The topological polar surface area (TPSA) is 35.5 Å². The first-order valence-electron chi connectivity index (χ1n) is 8.59. The number of ether oxygens (including phenoxy) is 1. The third-order valence-electron chi connectivity index (χ3n) is 5.25. The zero-order chi connectivity index (χ0) is 16.8. The fourth-order valence-electron chi connectivity index (χ4n) is 2.77. The third kappa shape index (κ3) is 5.88. The summed E-state index contributed by atoms with van der Waals surface area (Å²) in [4.78, 5) is 11.1. The van der Waals surface area contributed by atoms with Gasteiger partial charge in [-0.2, -0.15) is 0 Å². The van der Waals surface area contributed by atoms with Gasteiger partial charge in [0.25, 0.3) is 0 Å². The maximum atomic E-state index is 11.1. The lowest BCUT2D eigenvalue weighted by atomic mass is 9.83. The van der Waals surface area contributed by atoms with Crippen molar-refractivity contribution < 1.29 is 14.0 Å². The average molecular weight is 327 g/mol. The molecule has 4 heteroatoms. The molecule has 3 nitrogen and oxygen atoms in total. The highest BCUT2D eigenvalue weighted by molar-refractivity contribution is 6.74. The summed E-state index contributed by atoms with van der Waals surface area (Å²) in [7, 11) is -0.284. The average Bonchev–Trinajstić information content (AvgIpc) is 2.43. The Hall–Kier alpha value is -0.613. The number of hydrogen-bond acceptors (Lipinski definition) is 3. The van der Waals surface area contributed by atoms with Gasteiger partial charge < -0.3 is 9.16 Å². The molecule has 2 atom stereocenters. The first kappa shape index (κ1) is 19.4. The molecule has 0 radical (unpaired) electrons. The van der Waals surface area contributed by atoms with Gasteiger partial charge in [-0.15, -0.1) is 0 Å². The molecule has 1 rings (SSSR count). The third-order valence-corrected chi connectivity index (χ3v) is 9.76. The van der Waals surface area contributed by atoms with Gasteiger partial charge in [-0.3, -0.25) is 0 Å². The van der Waals surface area contributed by atoms with E-state index in [9.17, 15) is 4.79 Å². The minimum Gasteiger partial charge on any atom is -0.466 e. The Balaban J connectivity index is 2.57. The summed E-state index contributed by atoms with van der Waals surface area (Å²) in [5.74, 6) is 0.364. The zero-order valence-corrected chi connectivity index (χ0v) is 16.3. The fraction of sp³-hybridized carbons (Fsp3) is 0.833. The van der Waals surface area contributed by atoms with Crippen LogP contribution in [0.25, 0.3) is 0 Å². The van der Waals surface area contributed by atoms with Gasteiger partial charge in [0.05, 0.1) is 7.11 Å². The van der Waals surface area contributed by atoms with E-state index >= 15 is 0 Å². The number of esters is 1. The van der Waals surface area contributed by atoms with Crippen LogP contribution in [0.3, 0.4) is 0 Å². The summed E-state index contributed by atoms with van der Waals surface area (Å²) >= 11 is 0. The van der Waals surface area contributed by atoms with Gasteiger partial charge in [-0.1, -0.05) is 39.7 Å². The van der Waals surface area contributed by atoms with Crippen molar-refractivity contribution in [1.29, 1.82) is 0 Å². The lowest BCUT2D eigenvalue weighted by Crippen LogP contribution is -2.46. The minimum atomic E-state index is -1.70. The quantitative estimate of drug-likeness (QED) is 0.388. The van der Waals surface area contributed by atoms with Crippen LogP contribution in [0.5, 0.6) is 0 Å². The molecule has 0 aliphatic heterocycles. The lowest BCUT2D eigenvalue weighted by Gasteiger charge is -2.43. The van der Waals surface area contributed by atoms with Crippen molar-refractivity contribution in [2.24, 2.45) is 5.92 Å². The van der Waals surface area contributed by atoms with Crippen LogP contribution in [0, 0.1) is 5.92 Å². The molecular formula is C18H34O3Si. The second-order valence-corrected chi connectivity index (χ2v) is 12.7. The molecule has 22 heavy (non-hydrogen) atoms. The predicted octanol–water partition coefficient (Wildman–Crippen LogP) is 5.08.